The number of carbonyl (C=O) groups excluding carboxylic acids is 3. The summed E-state index contributed by atoms with van der Waals surface area (Å²) in [7, 11) is 0. The summed E-state index contributed by atoms with van der Waals surface area (Å²) in [5.41, 5.74) is 6.15. The molecule has 1 aliphatic heterocycles. The van der Waals surface area contributed by atoms with Gasteiger partial charge in [0.1, 0.15) is 5.75 Å². The number of ether oxygens (including phenoxy) is 2. The fourth-order valence-corrected chi connectivity index (χ4v) is 3.04. The number of para-hydroxylation sites is 1. The van der Waals surface area contributed by atoms with Crippen molar-refractivity contribution in [2.75, 3.05) is 26.3 Å². The quantitative estimate of drug-likeness (QED) is 0.761. The van der Waals surface area contributed by atoms with Crippen LogP contribution >= 0.6 is 0 Å². The first-order valence-corrected chi connectivity index (χ1v) is 9.13. The maximum Gasteiger partial charge on any atom is 0.344 e. The van der Waals surface area contributed by atoms with Gasteiger partial charge in [-0.3, -0.25) is 9.59 Å². The molecule has 0 unspecified atom stereocenters. The predicted octanol–water partition coefficient (Wildman–Crippen LogP) is 1.63. The van der Waals surface area contributed by atoms with Gasteiger partial charge in [-0.1, -0.05) is 39.0 Å². The zero-order valence-corrected chi connectivity index (χ0v) is 16.2. The highest BCUT2D eigenvalue weighted by atomic mass is 16.6. The van der Waals surface area contributed by atoms with Crippen LogP contribution in [0, 0.1) is 5.92 Å². The van der Waals surface area contributed by atoms with E-state index in [9.17, 15) is 14.4 Å². The van der Waals surface area contributed by atoms with E-state index < -0.39 is 5.97 Å². The predicted molar refractivity (Wildman–Crippen MR) is 100 cm³/mol. The molecular weight excluding hydrogens is 348 g/mol. The van der Waals surface area contributed by atoms with Crippen LogP contribution in [0.5, 0.6) is 5.75 Å². The van der Waals surface area contributed by atoms with Gasteiger partial charge < -0.3 is 20.1 Å². The maximum absolute atomic E-state index is 12.1. The zero-order valence-electron chi connectivity index (χ0n) is 16.2. The van der Waals surface area contributed by atoms with Crippen LogP contribution in [0.4, 0.5) is 0 Å². The summed E-state index contributed by atoms with van der Waals surface area (Å²) in [4.78, 5) is 36.8. The molecule has 0 atom stereocenters. The Kier molecular flexibility index (Phi) is 6.82. The first-order valence-electron chi connectivity index (χ1n) is 9.13. The topological polar surface area (TPSA) is 98.9 Å². The largest absolute Gasteiger partial charge is 0.482 e. The molecule has 7 nitrogen and oxygen atoms in total. The second kappa shape index (κ2) is 8.88. The molecule has 0 bridgehead atoms. The Morgan fingerprint density at radius 2 is 1.74 bits per heavy atom. The van der Waals surface area contributed by atoms with E-state index in [-0.39, 0.29) is 36.4 Å². The molecule has 1 heterocycles. The van der Waals surface area contributed by atoms with E-state index in [0.717, 1.165) is 5.56 Å². The van der Waals surface area contributed by atoms with Crippen molar-refractivity contribution >= 4 is 17.8 Å². The molecule has 1 aromatic carbocycles. The molecule has 0 aliphatic carbocycles. The Morgan fingerprint density at radius 3 is 2.33 bits per heavy atom. The number of likely N-dealkylation sites (tertiary alicyclic amines) is 1. The third-order valence-corrected chi connectivity index (χ3v) is 4.65. The van der Waals surface area contributed by atoms with Crippen LogP contribution in [0.2, 0.25) is 0 Å². The van der Waals surface area contributed by atoms with E-state index in [0.29, 0.717) is 31.7 Å². The van der Waals surface area contributed by atoms with Gasteiger partial charge in [0.25, 0.3) is 5.91 Å². The van der Waals surface area contributed by atoms with E-state index >= 15 is 0 Å². The normalized spacial score (nSPS) is 15.3. The molecule has 1 aliphatic rings. The highest BCUT2D eigenvalue weighted by molar-refractivity contribution is 5.82. The maximum atomic E-state index is 12.1. The number of primary amides is 1. The fourth-order valence-electron chi connectivity index (χ4n) is 3.04. The Labute approximate surface area is 159 Å². The number of amides is 2. The van der Waals surface area contributed by atoms with Gasteiger partial charge in [0.05, 0.1) is 0 Å². The van der Waals surface area contributed by atoms with Gasteiger partial charge in [-0.05, 0) is 29.9 Å². The van der Waals surface area contributed by atoms with Crippen LogP contribution < -0.4 is 10.5 Å². The van der Waals surface area contributed by atoms with Crippen LogP contribution in [0.15, 0.2) is 24.3 Å². The van der Waals surface area contributed by atoms with Crippen molar-refractivity contribution in [3.8, 4) is 5.75 Å². The molecule has 0 aromatic heterocycles. The van der Waals surface area contributed by atoms with Gasteiger partial charge in [0.2, 0.25) is 5.91 Å². The number of esters is 1. The SMILES string of the molecule is CC(C)(C)c1ccccc1OCC(=O)OCC(=O)N1CCC(C(N)=O)CC1. The molecule has 0 saturated carbocycles. The average Bonchev–Trinajstić information content (AvgIpc) is 2.64. The van der Waals surface area contributed by atoms with Crippen LogP contribution in [0.1, 0.15) is 39.2 Å². The van der Waals surface area contributed by atoms with Crippen molar-refractivity contribution in [2.24, 2.45) is 11.7 Å². The molecule has 2 N–H and O–H groups in total. The number of hydrogen-bond donors (Lipinski definition) is 1. The van der Waals surface area contributed by atoms with Crippen molar-refractivity contribution in [1.29, 1.82) is 0 Å². The van der Waals surface area contributed by atoms with E-state index in [1.54, 1.807) is 4.90 Å². The first-order chi connectivity index (χ1) is 12.7. The summed E-state index contributed by atoms with van der Waals surface area (Å²) in [6, 6.07) is 7.53. The minimum atomic E-state index is -0.598. The van der Waals surface area contributed by atoms with E-state index in [1.165, 1.54) is 0 Å². The van der Waals surface area contributed by atoms with Crippen LogP contribution in [0.3, 0.4) is 0 Å². The minimum Gasteiger partial charge on any atom is -0.482 e. The van der Waals surface area contributed by atoms with Gasteiger partial charge in [0, 0.05) is 19.0 Å². The number of hydrogen-bond acceptors (Lipinski definition) is 5. The van der Waals surface area contributed by atoms with E-state index in [2.05, 4.69) is 20.8 Å². The van der Waals surface area contributed by atoms with Crippen LogP contribution in [-0.2, 0) is 24.5 Å². The number of rotatable bonds is 6. The van der Waals surface area contributed by atoms with Crippen molar-refractivity contribution < 1.29 is 23.9 Å². The van der Waals surface area contributed by atoms with Gasteiger partial charge >= 0.3 is 5.97 Å². The molecule has 7 heteroatoms. The second-order valence-corrected chi connectivity index (χ2v) is 7.75. The Morgan fingerprint density at radius 1 is 1.11 bits per heavy atom. The minimum absolute atomic E-state index is 0.118. The second-order valence-electron chi connectivity index (χ2n) is 7.75. The standard InChI is InChI=1S/C20H28N2O5/c1-20(2,3)15-6-4-5-7-16(15)26-13-18(24)27-12-17(23)22-10-8-14(9-11-22)19(21)25/h4-7,14H,8-13H2,1-3H3,(H2,21,25). The van der Waals surface area contributed by atoms with Gasteiger partial charge in [0.15, 0.2) is 13.2 Å². The highest BCUT2D eigenvalue weighted by Gasteiger charge is 2.26. The fraction of sp³-hybridized carbons (Fsp3) is 0.550. The molecular formula is C20H28N2O5. The lowest BCUT2D eigenvalue weighted by molar-refractivity contribution is -0.154. The molecule has 0 radical (unpaired) electrons. The van der Waals surface area contributed by atoms with Crippen molar-refractivity contribution in [3.05, 3.63) is 29.8 Å². The molecule has 1 saturated heterocycles. The summed E-state index contributed by atoms with van der Waals surface area (Å²) in [6.45, 7) is 6.49. The molecule has 0 spiro atoms. The smallest absolute Gasteiger partial charge is 0.344 e. The zero-order chi connectivity index (χ0) is 20.0. The lowest BCUT2D eigenvalue weighted by Gasteiger charge is -2.30. The third kappa shape index (κ3) is 5.98. The Bertz CT molecular complexity index is 688. The molecule has 148 valence electrons. The third-order valence-electron chi connectivity index (χ3n) is 4.65. The highest BCUT2D eigenvalue weighted by Crippen LogP contribution is 2.30. The van der Waals surface area contributed by atoms with Crippen molar-refractivity contribution in [2.45, 2.75) is 39.0 Å². The summed E-state index contributed by atoms with van der Waals surface area (Å²) in [5, 5.41) is 0. The van der Waals surface area contributed by atoms with E-state index in [4.69, 9.17) is 15.2 Å². The molecule has 1 fully saturated rings. The van der Waals surface area contributed by atoms with E-state index in [1.807, 2.05) is 24.3 Å². The molecule has 1 aromatic rings. The summed E-state index contributed by atoms with van der Waals surface area (Å²) in [5.74, 6) is -0.767. The summed E-state index contributed by atoms with van der Waals surface area (Å²) < 4.78 is 10.6. The summed E-state index contributed by atoms with van der Waals surface area (Å²) in [6.07, 6.45) is 1.09. The first kappa shape index (κ1) is 20.7. The van der Waals surface area contributed by atoms with Gasteiger partial charge in [-0.2, -0.15) is 0 Å². The lowest BCUT2D eigenvalue weighted by Crippen LogP contribution is -2.43. The molecule has 27 heavy (non-hydrogen) atoms. The number of nitrogens with two attached hydrogens (primary N) is 1. The monoisotopic (exact) mass is 376 g/mol. The van der Waals surface area contributed by atoms with Crippen molar-refractivity contribution in [1.82, 2.24) is 4.90 Å². The lowest BCUT2D eigenvalue weighted by atomic mass is 9.86. The van der Waals surface area contributed by atoms with Gasteiger partial charge in [-0.25, -0.2) is 4.79 Å². The number of carbonyl (C=O) groups is 3. The van der Waals surface area contributed by atoms with Crippen LogP contribution in [0.25, 0.3) is 0 Å². The number of nitrogens with zero attached hydrogens (tertiary/aromatic N) is 1. The Balaban J connectivity index is 1.77. The van der Waals surface area contributed by atoms with Crippen molar-refractivity contribution in [3.63, 3.8) is 0 Å². The van der Waals surface area contributed by atoms with Crippen LogP contribution in [-0.4, -0.2) is 49.0 Å². The number of benzene rings is 1. The number of piperidine rings is 1. The Hall–Kier alpha value is -2.57. The molecule has 2 rings (SSSR count). The summed E-state index contributed by atoms with van der Waals surface area (Å²) >= 11 is 0. The molecule has 2 amide bonds. The van der Waals surface area contributed by atoms with Gasteiger partial charge in [-0.15, -0.1) is 0 Å². The average molecular weight is 376 g/mol.